The van der Waals surface area contributed by atoms with E-state index in [0.717, 1.165) is 5.56 Å². The summed E-state index contributed by atoms with van der Waals surface area (Å²) in [6.07, 6.45) is 1.78. The minimum atomic E-state index is -0.559. The van der Waals surface area contributed by atoms with Crippen molar-refractivity contribution in [3.8, 4) is 0 Å². The molecule has 1 aromatic heterocycles. The van der Waals surface area contributed by atoms with Gasteiger partial charge >= 0.3 is 0 Å². The summed E-state index contributed by atoms with van der Waals surface area (Å²) in [6, 6.07) is 10.6. The van der Waals surface area contributed by atoms with Gasteiger partial charge in [-0.05, 0) is 12.0 Å². The fourth-order valence-electron chi connectivity index (χ4n) is 1.93. The zero-order valence-electron chi connectivity index (χ0n) is 11.1. The van der Waals surface area contributed by atoms with E-state index in [0.29, 0.717) is 6.42 Å². The molecule has 2 N–H and O–H groups in total. The summed E-state index contributed by atoms with van der Waals surface area (Å²) in [5.74, 6) is -0.159. The van der Waals surface area contributed by atoms with Crippen molar-refractivity contribution in [1.82, 2.24) is 10.3 Å². The van der Waals surface area contributed by atoms with Gasteiger partial charge in [0.1, 0.15) is 5.69 Å². The fraction of sp³-hybridized carbons (Fsp3) is 0.214. The number of rotatable bonds is 6. The molecule has 1 amide bonds. The monoisotopic (exact) mass is 307 g/mol. The molecule has 2 aromatic rings. The van der Waals surface area contributed by atoms with Crippen LogP contribution in [-0.2, 0) is 6.42 Å². The lowest BCUT2D eigenvalue weighted by Gasteiger charge is -2.15. The Morgan fingerprint density at radius 1 is 1.38 bits per heavy atom. The summed E-state index contributed by atoms with van der Waals surface area (Å²) < 4.78 is 0. The molecule has 7 heteroatoms. The van der Waals surface area contributed by atoms with Crippen LogP contribution in [-0.4, -0.2) is 27.7 Å². The first kappa shape index (κ1) is 15.1. The molecule has 0 aliphatic rings. The Bertz CT molecular complexity index is 627. The van der Waals surface area contributed by atoms with Gasteiger partial charge in [-0.3, -0.25) is 14.9 Å². The smallest absolute Gasteiger partial charge is 0.287 e. The van der Waals surface area contributed by atoms with E-state index in [1.165, 1.54) is 12.3 Å². The predicted molar refractivity (Wildman–Crippen MR) is 79.6 cm³/mol. The number of carbonyl (C=O) groups is 1. The highest BCUT2D eigenvalue weighted by Crippen LogP contribution is 2.12. The van der Waals surface area contributed by atoms with Gasteiger partial charge in [0.25, 0.3) is 11.6 Å². The van der Waals surface area contributed by atoms with Gasteiger partial charge in [-0.2, -0.15) is 0 Å². The van der Waals surface area contributed by atoms with Crippen LogP contribution in [0.3, 0.4) is 0 Å². The Morgan fingerprint density at radius 3 is 2.67 bits per heavy atom. The van der Waals surface area contributed by atoms with Gasteiger partial charge in [0.2, 0.25) is 0 Å². The lowest BCUT2D eigenvalue weighted by molar-refractivity contribution is -0.384. The summed E-state index contributed by atoms with van der Waals surface area (Å²) >= 11 is 5.87. The van der Waals surface area contributed by atoms with Crippen molar-refractivity contribution in [2.45, 2.75) is 12.5 Å². The third-order valence-corrected chi connectivity index (χ3v) is 3.34. The Kier molecular flexibility index (Phi) is 4.94. The number of nitrogens with zero attached hydrogens (tertiary/aromatic N) is 1. The standard InChI is InChI=1S/C14H14ClN3O3/c15-8-11(6-10-4-2-1-3-5-10)17-14(19)13-7-12(9-16-13)18(20)21/h1-5,7,9,11,16H,6,8H2,(H,17,19). The van der Waals surface area contributed by atoms with Crippen molar-refractivity contribution in [1.29, 1.82) is 0 Å². The highest BCUT2D eigenvalue weighted by molar-refractivity contribution is 6.18. The number of carbonyl (C=O) groups excluding carboxylic acids is 1. The van der Waals surface area contributed by atoms with Crippen molar-refractivity contribution < 1.29 is 9.72 Å². The summed E-state index contributed by atoms with van der Waals surface area (Å²) in [6.45, 7) is 0. The molecular formula is C14H14ClN3O3. The van der Waals surface area contributed by atoms with Gasteiger partial charge in [0.05, 0.1) is 11.1 Å². The molecule has 1 heterocycles. The molecule has 0 saturated heterocycles. The van der Waals surface area contributed by atoms with Crippen molar-refractivity contribution in [3.63, 3.8) is 0 Å². The number of alkyl halides is 1. The van der Waals surface area contributed by atoms with Crippen molar-refractivity contribution in [2.24, 2.45) is 0 Å². The molecule has 110 valence electrons. The number of hydrogen-bond acceptors (Lipinski definition) is 3. The molecule has 0 aliphatic heterocycles. The van der Waals surface area contributed by atoms with E-state index < -0.39 is 10.8 Å². The van der Waals surface area contributed by atoms with Crippen LogP contribution < -0.4 is 5.32 Å². The first-order chi connectivity index (χ1) is 10.1. The molecule has 0 bridgehead atoms. The number of benzene rings is 1. The lowest BCUT2D eigenvalue weighted by atomic mass is 10.1. The Morgan fingerprint density at radius 2 is 2.10 bits per heavy atom. The second-order valence-corrected chi connectivity index (χ2v) is 4.85. The molecule has 1 aromatic carbocycles. The van der Waals surface area contributed by atoms with Crippen LogP contribution in [0.4, 0.5) is 5.69 Å². The van der Waals surface area contributed by atoms with Crippen LogP contribution in [0.25, 0.3) is 0 Å². The van der Waals surface area contributed by atoms with Crippen LogP contribution in [0.15, 0.2) is 42.6 Å². The summed E-state index contributed by atoms with van der Waals surface area (Å²) in [5.41, 5.74) is 1.05. The quantitative estimate of drug-likeness (QED) is 0.488. The summed E-state index contributed by atoms with van der Waals surface area (Å²) in [4.78, 5) is 24.6. The Labute approximate surface area is 126 Å². The van der Waals surface area contributed by atoms with Gasteiger partial charge in [-0.1, -0.05) is 30.3 Å². The maximum absolute atomic E-state index is 12.0. The topological polar surface area (TPSA) is 88.0 Å². The highest BCUT2D eigenvalue weighted by Gasteiger charge is 2.17. The molecule has 21 heavy (non-hydrogen) atoms. The average molecular weight is 308 g/mol. The Hall–Kier alpha value is -2.34. The van der Waals surface area contributed by atoms with Gasteiger partial charge in [-0.25, -0.2) is 0 Å². The largest absolute Gasteiger partial charge is 0.351 e. The fourth-order valence-corrected chi connectivity index (χ4v) is 2.11. The van der Waals surface area contributed by atoms with Gasteiger partial charge in [0.15, 0.2) is 0 Å². The molecule has 0 radical (unpaired) electrons. The molecule has 1 atom stereocenters. The van der Waals surface area contributed by atoms with Crippen LogP contribution in [0.2, 0.25) is 0 Å². The van der Waals surface area contributed by atoms with Crippen molar-refractivity contribution in [3.05, 3.63) is 64.0 Å². The van der Waals surface area contributed by atoms with E-state index in [4.69, 9.17) is 11.6 Å². The summed E-state index contributed by atoms with van der Waals surface area (Å²) in [5, 5.41) is 13.3. The SMILES string of the molecule is O=C(NC(CCl)Cc1ccccc1)c1cc([N+](=O)[O-])c[nH]1. The zero-order valence-corrected chi connectivity index (χ0v) is 11.8. The van der Waals surface area contributed by atoms with Crippen LogP contribution in [0, 0.1) is 10.1 Å². The number of H-pyrrole nitrogens is 1. The molecule has 6 nitrogen and oxygen atoms in total. The average Bonchev–Trinajstić information content (AvgIpc) is 2.97. The molecule has 0 spiro atoms. The van der Waals surface area contributed by atoms with E-state index in [1.54, 1.807) is 0 Å². The minimum Gasteiger partial charge on any atom is -0.351 e. The van der Waals surface area contributed by atoms with Gasteiger partial charge < -0.3 is 10.3 Å². The van der Waals surface area contributed by atoms with E-state index in [-0.39, 0.29) is 23.3 Å². The number of aromatic nitrogens is 1. The molecule has 1 unspecified atom stereocenters. The van der Waals surface area contributed by atoms with Crippen LogP contribution in [0.5, 0.6) is 0 Å². The number of nitrogens with one attached hydrogen (secondary N) is 2. The summed E-state index contributed by atoms with van der Waals surface area (Å²) in [7, 11) is 0. The predicted octanol–water partition coefficient (Wildman–Crippen LogP) is 2.50. The number of halogens is 1. The minimum absolute atomic E-state index is 0.143. The third kappa shape index (κ3) is 4.06. The number of aromatic amines is 1. The normalized spacial score (nSPS) is 11.9. The van der Waals surface area contributed by atoms with E-state index in [9.17, 15) is 14.9 Å². The molecule has 0 aliphatic carbocycles. The maximum atomic E-state index is 12.0. The van der Waals surface area contributed by atoms with Crippen molar-refractivity contribution >= 4 is 23.2 Å². The maximum Gasteiger partial charge on any atom is 0.287 e. The number of hydrogen-bond donors (Lipinski definition) is 2. The second kappa shape index (κ2) is 6.90. The first-order valence-corrected chi connectivity index (χ1v) is 6.87. The molecule has 2 rings (SSSR count). The number of nitro groups is 1. The third-order valence-electron chi connectivity index (χ3n) is 2.97. The van der Waals surface area contributed by atoms with Gasteiger partial charge in [-0.15, -0.1) is 11.6 Å². The van der Waals surface area contributed by atoms with Gasteiger partial charge in [0, 0.05) is 18.0 Å². The van der Waals surface area contributed by atoms with E-state index in [1.807, 2.05) is 30.3 Å². The lowest BCUT2D eigenvalue weighted by Crippen LogP contribution is -2.37. The van der Waals surface area contributed by atoms with E-state index in [2.05, 4.69) is 10.3 Å². The first-order valence-electron chi connectivity index (χ1n) is 6.33. The molecule has 0 fully saturated rings. The Balaban J connectivity index is 2.00. The van der Waals surface area contributed by atoms with E-state index >= 15 is 0 Å². The van der Waals surface area contributed by atoms with Crippen LogP contribution in [0.1, 0.15) is 16.1 Å². The molecular weight excluding hydrogens is 294 g/mol. The molecule has 0 saturated carbocycles. The highest BCUT2D eigenvalue weighted by atomic mass is 35.5. The van der Waals surface area contributed by atoms with Crippen molar-refractivity contribution in [2.75, 3.05) is 5.88 Å². The second-order valence-electron chi connectivity index (χ2n) is 4.54. The zero-order chi connectivity index (χ0) is 15.2. The number of amides is 1. The van der Waals surface area contributed by atoms with Crippen LogP contribution >= 0.6 is 11.6 Å².